The third kappa shape index (κ3) is 5.79. The number of hydrogen-bond acceptors (Lipinski definition) is 5. The van der Waals surface area contributed by atoms with Crippen LogP contribution >= 0.6 is 11.3 Å². The fraction of sp³-hybridized carbons (Fsp3) is 0.474. The third-order valence-corrected chi connectivity index (χ3v) is 5.31. The van der Waals surface area contributed by atoms with Crippen LogP contribution in [0, 0.1) is 11.6 Å². The molecule has 2 aromatic rings. The van der Waals surface area contributed by atoms with Crippen LogP contribution in [-0.4, -0.2) is 50.8 Å². The average molecular weight is 410 g/mol. The van der Waals surface area contributed by atoms with Gasteiger partial charge in [-0.3, -0.25) is 4.99 Å². The molecule has 1 saturated heterocycles. The summed E-state index contributed by atoms with van der Waals surface area (Å²) in [6, 6.07) is 3.25. The van der Waals surface area contributed by atoms with E-state index in [1.165, 1.54) is 25.0 Å². The molecule has 9 heteroatoms. The number of aliphatic imine (C=N–C) groups is 1. The van der Waals surface area contributed by atoms with Gasteiger partial charge in [0.05, 0.1) is 12.2 Å². The second-order valence-electron chi connectivity index (χ2n) is 6.41. The summed E-state index contributed by atoms with van der Waals surface area (Å²) in [5.41, 5.74) is 1.07. The lowest BCUT2D eigenvalue weighted by molar-refractivity contribution is 0.304. The van der Waals surface area contributed by atoms with Gasteiger partial charge in [0.2, 0.25) is 0 Å². The molecule has 1 aliphatic heterocycles. The fourth-order valence-corrected chi connectivity index (χ4v) is 3.83. The van der Waals surface area contributed by atoms with E-state index >= 15 is 0 Å². The Labute approximate surface area is 167 Å². The Balaban J connectivity index is 1.34. The number of aromatic nitrogens is 1. The number of guanidine groups is 1. The van der Waals surface area contributed by atoms with E-state index in [1.807, 2.05) is 0 Å². The van der Waals surface area contributed by atoms with Gasteiger partial charge in [-0.05, 0) is 25.0 Å². The van der Waals surface area contributed by atoms with Crippen molar-refractivity contribution in [3.05, 3.63) is 40.9 Å². The molecular formula is C19H25F2N5OS. The van der Waals surface area contributed by atoms with E-state index in [9.17, 15) is 8.78 Å². The first-order valence-corrected chi connectivity index (χ1v) is 10.3. The van der Waals surface area contributed by atoms with Crippen molar-refractivity contribution < 1.29 is 13.5 Å². The Hall–Kier alpha value is -2.42. The quantitative estimate of drug-likeness (QED) is 0.399. The molecule has 0 amide bonds. The first-order chi connectivity index (χ1) is 13.7. The highest BCUT2D eigenvalue weighted by molar-refractivity contribution is 7.13. The summed E-state index contributed by atoms with van der Waals surface area (Å²) >= 11 is 1.70. The highest BCUT2D eigenvalue weighted by Crippen LogP contribution is 2.24. The molecule has 1 aliphatic rings. The molecule has 2 N–H and O–H groups in total. The molecule has 0 radical (unpaired) electrons. The molecule has 3 rings (SSSR count). The van der Waals surface area contributed by atoms with Gasteiger partial charge < -0.3 is 20.3 Å². The molecule has 1 aromatic heterocycles. The summed E-state index contributed by atoms with van der Waals surface area (Å²) in [7, 11) is 1.68. The van der Waals surface area contributed by atoms with Crippen LogP contribution in [0.2, 0.25) is 0 Å². The predicted molar refractivity (Wildman–Crippen MR) is 108 cm³/mol. The van der Waals surface area contributed by atoms with Gasteiger partial charge in [-0.1, -0.05) is 0 Å². The Bertz CT molecular complexity index is 792. The maximum Gasteiger partial charge on any atom is 0.191 e. The van der Waals surface area contributed by atoms with Gasteiger partial charge in [-0.2, -0.15) is 0 Å². The van der Waals surface area contributed by atoms with Crippen molar-refractivity contribution in [3.8, 4) is 5.75 Å². The van der Waals surface area contributed by atoms with E-state index in [4.69, 9.17) is 9.72 Å². The standard InChI is InChI=1S/C19H25F2N5OS/c1-22-18(24-8-11-27-17-5-4-14(20)12-16(17)21)23-7-6-15-13-28-19(25-15)26-9-2-3-10-26/h4-5,12-13H,2-3,6-11H2,1H3,(H2,22,23,24). The number of nitrogens with one attached hydrogen (secondary N) is 2. The minimum Gasteiger partial charge on any atom is -0.489 e. The monoisotopic (exact) mass is 409 g/mol. The van der Waals surface area contributed by atoms with Crippen molar-refractivity contribution in [1.82, 2.24) is 15.6 Å². The van der Waals surface area contributed by atoms with Gasteiger partial charge in [-0.15, -0.1) is 11.3 Å². The molecule has 0 atom stereocenters. The number of hydrogen-bond donors (Lipinski definition) is 2. The Kier molecular flexibility index (Phi) is 7.41. The van der Waals surface area contributed by atoms with E-state index in [1.54, 1.807) is 18.4 Å². The SMILES string of the molecule is CN=C(NCCOc1ccc(F)cc1F)NCCc1csc(N2CCCC2)n1. The minimum atomic E-state index is -0.709. The lowest BCUT2D eigenvalue weighted by Crippen LogP contribution is -2.40. The zero-order chi connectivity index (χ0) is 19.8. The molecule has 0 aliphatic carbocycles. The second kappa shape index (κ2) is 10.2. The largest absolute Gasteiger partial charge is 0.489 e. The first-order valence-electron chi connectivity index (χ1n) is 9.37. The van der Waals surface area contributed by atoms with E-state index < -0.39 is 11.6 Å². The summed E-state index contributed by atoms with van der Waals surface area (Å²) in [4.78, 5) is 11.2. The first kappa shape index (κ1) is 20.3. The smallest absolute Gasteiger partial charge is 0.191 e. The molecule has 28 heavy (non-hydrogen) atoms. The summed E-state index contributed by atoms with van der Waals surface area (Å²) in [5, 5.41) is 9.54. The number of benzene rings is 1. The number of halogens is 2. The number of rotatable bonds is 8. The van der Waals surface area contributed by atoms with Crippen molar-refractivity contribution >= 4 is 22.4 Å². The van der Waals surface area contributed by atoms with Gasteiger partial charge in [0.1, 0.15) is 12.4 Å². The minimum absolute atomic E-state index is 0.0310. The van der Waals surface area contributed by atoms with Crippen molar-refractivity contribution in [2.24, 2.45) is 4.99 Å². The van der Waals surface area contributed by atoms with Crippen molar-refractivity contribution in [3.63, 3.8) is 0 Å². The number of nitrogens with zero attached hydrogens (tertiary/aromatic N) is 3. The van der Waals surface area contributed by atoms with Crippen LogP contribution in [0.15, 0.2) is 28.6 Å². The van der Waals surface area contributed by atoms with Crippen molar-refractivity contribution in [1.29, 1.82) is 0 Å². The van der Waals surface area contributed by atoms with Gasteiger partial charge in [0.15, 0.2) is 22.7 Å². The molecular weight excluding hydrogens is 384 g/mol. The van der Waals surface area contributed by atoms with E-state index in [-0.39, 0.29) is 12.4 Å². The second-order valence-corrected chi connectivity index (χ2v) is 7.25. The van der Waals surface area contributed by atoms with Crippen molar-refractivity contribution in [2.75, 3.05) is 44.7 Å². The Morgan fingerprint density at radius 1 is 1.25 bits per heavy atom. The fourth-order valence-electron chi connectivity index (χ4n) is 2.92. The summed E-state index contributed by atoms with van der Waals surface area (Å²) < 4.78 is 31.7. The van der Waals surface area contributed by atoms with Crippen LogP contribution in [0.1, 0.15) is 18.5 Å². The molecule has 152 valence electrons. The zero-order valence-electron chi connectivity index (χ0n) is 15.9. The molecule has 0 unspecified atom stereocenters. The lowest BCUT2D eigenvalue weighted by Gasteiger charge is -2.13. The average Bonchev–Trinajstić information content (AvgIpc) is 3.36. The van der Waals surface area contributed by atoms with Crippen LogP contribution in [0.4, 0.5) is 13.9 Å². The Morgan fingerprint density at radius 2 is 2.04 bits per heavy atom. The van der Waals surface area contributed by atoms with Crippen LogP contribution in [0.3, 0.4) is 0 Å². The summed E-state index contributed by atoms with van der Waals surface area (Å²) in [5.74, 6) is -0.666. The van der Waals surface area contributed by atoms with Crippen LogP contribution in [-0.2, 0) is 6.42 Å². The van der Waals surface area contributed by atoms with Crippen LogP contribution < -0.4 is 20.3 Å². The van der Waals surface area contributed by atoms with Crippen LogP contribution in [0.25, 0.3) is 0 Å². The lowest BCUT2D eigenvalue weighted by atomic mass is 10.3. The van der Waals surface area contributed by atoms with Crippen LogP contribution in [0.5, 0.6) is 5.75 Å². The Morgan fingerprint density at radius 3 is 2.79 bits per heavy atom. The van der Waals surface area contributed by atoms with E-state index in [0.29, 0.717) is 19.0 Å². The zero-order valence-corrected chi connectivity index (χ0v) is 16.7. The maximum atomic E-state index is 13.5. The molecule has 1 aromatic carbocycles. The molecule has 2 heterocycles. The van der Waals surface area contributed by atoms with E-state index in [2.05, 4.69) is 25.9 Å². The molecule has 1 fully saturated rings. The normalized spacial score (nSPS) is 14.4. The molecule has 0 saturated carbocycles. The highest BCUT2D eigenvalue weighted by atomic mass is 32.1. The van der Waals surface area contributed by atoms with Gasteiger partial charge in [0.25, 0.3) is 0 Å². The van der Waals surface area contributed by atoms with Crippen molar-refractivity contribution in [2.45, 2.75) is 19.3 Å². The topological polar surface area (TPSA) is 61.8 Å². The van der Waals surface area contributed by atoms with E-state index in [0.717, 1.165) is 36.4 Å². The number of ether oxygens (including phenoxy) is 1. The maximum absolute atomic E-state index is 13.5. The van der Waals surface area contributed by atoms with Gasteiger partial charge in [-0.25, -0.2) is 13.8 Å². The predicted octanol–water partition coefficient (Wildman–Crippen LogP) is 2.81. The molecule has 0 bridgehead atoms. The van der Waals surface area contributed by atoms with Gasteiger partial charge in [0, 0.05) is 44.5 Å². The highest BCUT2D eigenvalue weighted by Gasteiger charge is 2.15. The summed E-state index contributed by atoms with van der Waals surface area (Å²) in [6.45, 7) is 3.58. The third-order valence-electron chi connectivity index (χ3n) is 4.36. The summed E-state index contributed by atoms with van der Waals surface area (Å²) in [6.07, 6.45) is 3.30. The number of thiazole rings is 1. The molecule has 0 spiro atoms. The molecule has 6 nitrogen and oxygen atoms in total. The number of anilines is 1. The van der Waals surface area contributed by atoms with Gasteiger partial charge >= 0.3 is 0 Å².